The summed E-state index contributed by atoms with van der Waals surface area (Å²) in [5, 5.41) is 18.9. The van der Waals surface area contributed by atoms with Gasteiger partial charge in [0.1, 0.15) is 5.82 Å². The molecule has 0 aliphatic rings. The van der Waals surface area contributed by atoms with Gasteiger partial charge in [-0.2, -0.15) is 0 Å². The van der Waals surface area contributed by atoms with Gasteiger partial charge in [0.25, 0.3) is 5.91 Å². The van der Waals surface area contributed by atoms with E-state index >= 15 is 0 Å². The minimum atomic E-state index is -0.887. The number of aryl methyl sites for hydroxylation is 1. The number of halogens is 1. The highest BCUT2D eigenvalue weighted by Gasteiger charge is 2.30. The fraction of sp³-hybridized carbons (Fsp3) is 0.167. The predicted octanol–water partition coefficient (Wildman–Crippen LogP) is 2.03. The number of aromatic amines is 1. The van der Waals surface area contributed by atoms with E-state index in [1.165, 1.54) is 25.3 Å². The van der Waals surface area contributed by atoms with Crippen LogP contribution in [0.1, 0.15) is 16.1 Å². The van der Waals surface area contributed by atoms with Crippen molar-refractivity contribution < 1.29 is 18.8 Å². The standard InChI is InChI=1S/C12H11FN4O4/c1-6-3-4-7(13)8(5-6)14-11(18)9-10(17(19)20)12(21-2)16-15-9/h3-5H,1-2H3,(H,14,18)(H,15,16). The molecule has 110 valence electrons. The number of nitro groups is 1. The Hall–Kier alpha value is -2.97. The highest BCUT2D eigenvalue weighted by molar-refractivity contribution is 6.06. The molecule has 1 aromatic heterocycles. The smallest absolute Gasteiger partial charge is 0.362 e. The first-order chi connectivity index (χ1) is 9.93. The highest BCUT2D eigenvalue weighted by atomic mass is 19.1. The van der Waals surface area contributed by atoms with Crippen molar-refractivity contribution in [2.45, 2.75) is 6.92 Å². The molecular weight excluding hydrogens is 283 g/mol. The number of H-pyrrole nitrogens is 1. The third-order valence-electron chi connectivity index (χ3n) is 2.68. The molecule has 0 fully saturated rings. The molecule has 2 rings (SSSR count). The molecule has 21 heavy (non-hydrogen) atoms. The summed E-state index contributed by atoms with van der Waals surface area (Å²) in [4.78, 5) is 22.2. The van der Waals surface area contributed by atoms with Crippen LogP contribution >= 0.6 is 0 Å². The van der Waals surface area contributed by atoms with E-state index in [9.17, 15) is 19.3 Å². The van der Waals surface area contributed by atoms with Gasteiger partial charge in [0.05, 0.1) is 17.7 Å². The monoisotopic (exact) mass is 294 g/mol. The molecule has 9 heteroatoms. The summed E-state index contributed by atoms with van der Waals surface area (Å²) in [5.74, 6) is -1.86. The Morgan fingerprint density at radius 1 is 1.52 bits per heavy atom. The average molecular weight is 294 g/mol. The number of benzene rings is 1. The summed E-state index contributed by atoms with van der Waals surface area (Å²) in [6.45, 7) is 1.72. The third-order valence-corrected chi connectivity index (χ3v) is 2.68. The molecule has 8 nitrogen and oxygen atoms in total. The molecule has 0 radical (unpaired) electrons. The Bertz CT molecular complexity index is 713. The van der Waals surface area contributed by atoms with Crippen molar-refractivity contribution in [3.8, 4) is 5.88 Å². The highest BCUT2D eigenvalue weighted by Crippen LogP contribution is 2.28. The van der Waals surface area contributed by atoms with Crippen molar-refractivity contribution in [3.05, 3.63) is 45.4 Å². The van der Waals surface area contributed by atoms with Crippen LogP contribution in [-0.2, 0) is 0 Å². The second-order valence-corrected chi connectivity index (χ2v) is 4.15. The van der Waals surface area contributed by atoms with Crippen LogP contribution in [0.15, 0.2) is 18.2 Å². The Morgan fingerprint density at radius 2 is 2.24 bits per heavy atom. The summed E-state index contributed by atoms with van der Waals surface area (Å²) >= 11 is 0. The van der Waals surface area contributed by atoms with Gasteiger partial charge in [-0.15, -0.1) is 5.10 Å². The Balaban J connectivity index is 2.35. The van der Waals surface area contributed by atoms with E-state index in [0.717, 1.165) is 5.56 Å². The predicted molar refractivity (Wildman–Crippen MR) is 70.9 cm³/mol. The van der Waals surface area contributed by atoms with Gasteiger partial charge in [-0.05, 0) is 24.6 Å². The molecule has 1 aromatic carbocycles. The zero-order chi connectivity index (χ0) is 15.6. The topological polar surface area (TPSA) is 110 Å². The van der Waals surface area contributed by atoms with Gasteiger partial charge in [0, 0.05) is 0 Å². The van der Waals surface area contributed by atoms with E-state index in [0.29, 0.717) is 0 Å². The number of nitrogens with one attached hydrogen (secondary N) is 2. The molecule has 1 heterocycles. The van der Waals surface area contributed by atoms with Gasteiger partial charge in [0.2, 0.25) is 5.69 Å². The number of carbonyl (C=O) groups excluding carboxylic acids is 1. The van der Waals surface area contributed by atoms with Gasteiger partial charge in [-0.1, -0.05) is 6.07 Å². The summed E-state index contributed by atoms with van der Waals surface area (Å²) in [6.07, 6.45) is 0. The molecule has 0 bridgehead atoms. The van der Waals surface area contributed by atoms with Crippen LogP contribution in [0.4, 0.5) is 15.8 Å². The Labute approximate surface area is 118 Å². The van der Waals surface area contributed by atoms with Gasteiger partial charge >= 0.3 is 11.6 Å². The van der Waals surface area contributed by atoms with E-state index < -0.39 is 28.0 Å². The van der Waals surface area contributed by atoms with Gasteiger partial charge in [0.15, 0.2) is 0 Å². The first kappa shape index (κ1) is 14.4. The molecule has 0 saturated heterocycles. The van der Waals surface area contributed by atoms with Crippen LogP contribution in [0.2, 0.25) is 0 Å². The Morgan fingerprint density at radius 3 is 2.86 bits per heavy atom. The first-order valence-electron chi connectivity index (χ1n) is 5.78. The fourth-order valence-electron chi connectivity index (χ4n) is 1.71. The molecule has 0 aliphatic carbocycles. The lowest BCUT2D eigenvalue weighted by atomic mass is 10.2. The SMILES string of the molecule is COc1n[nH]c(C(=O)Nc2cc(C)ccc2F)c1[N+](=O)[O-]. The molecule has 0 saturated carbocycles. The van der Waals surface area contributed by atoms with E-state index in [1.54, 1.807) is 6.92 Å². The number of hydrogen-bond donors (Lipinski definition) is 2. The number of rotatable bonds is 4. The number of methoxy groups -OCH3 is 1. The van der Waals surface area contributed by atoms with E-state index in [2.05, 4.69) is 15.5 Å². The summed E-state index contributed by atoms with van der Waals surface area (Å²) in [5.41, 5.74) is -0.382. The lowest BCUT2D eigenvalue weighted by Crippen LogP contribution is -2.15. The lowest BCUT2D eigenvalue weighted by molar-refractivity contribution is -0.386. The number of carbonyl (C=O) groups is 1. The maximum atomic E-state index is 13.6. The zero-order valence-corrected chi connectivity index (χ0v) is 11.1. The number of hydrogen-bond acceptors (Lipinski definition) is 5. The molecule has 0 spiro atoms. The molecule has 2 N–H and O–H groups in total. The van der Waals surface area contributed by atoms with Crippen molar-refractivity contribution in [1.82, 2.24) is 10.2 Å². The summed E-state index contributed by atoms with van der Waals surface area (Å²) < 4.78 is 18.3. The number of nitrogens with zero attached hydrogens (tertiary/aromatic N) is 2. The number of amides is 1. The maximum Gasteiger partial charge on any atom is 0.362 e. The van der Waals surface area contributed by atoms with E-state index in [4.69, 9.17) is 4.74 Å². The normalized spacial score (nSPS) is 10.2. The van der Waals surface area contributed by atoms with E-state index in [-0.39, 0.29) is 11.6 Å². The average Bonchev–Trinajstić information content (AvgIpc) is 2.87. The van der Waals surface area contributed by atoms with Crippen molar-refractivity contribution in [2.24, 2.45) is 0 Å². The van der Waals surface area contributed by atoms with Crippen LogP contribution in [-0.4, -0.2) is 28.1 Å². The van der Waals surface area contributed by atoms with Crippen LogP contribution < -0.4 is 10.1 Å². The molecule has 0 aliphatic heterocycles. The van der Waals surface area contributed by atoms with Crippen molar-refractivity contribution in [3.63, 3.8) is 0 Å². The van der Waals surface area contributed by atoms with Gasteiger partial charge in [-0.25, -0.2) is 4.39 Å². The zero-order valence-electron chi connectivity index (χ0n) is 11.1. The van der Waals surface area contributed by atoms with Crippen LogP contribution in [0.3, 0.4) is 0 Å². The van der Waals surface area contributed by atoms with Crippen molar-refractivity contribution in [2.75, 3.05) is 12.4 Å². The van der Waals surface area contributed by atoms with Crippen LogP contribution in [0.5, 0.6) is 5.88 Å². The van der Waals surface area contributed by atoms with E-state index in [1.807, 2.05) is 0 Å². The van der Waals surface area contributed by atoms with Crippen molar-refractivity contribution in [1.29, 1.82) is 0 Å². The molecule has 1 amide bonds. The second kappa shape index (κ2) is 5.57. The van der Waals surface area contributed by atoms with Crippen molar-refractivity contribution >= 4 is 17.3 Å². The molecular formula is C12H11FN4O4. The molecule has 0 atom stereocenters. The lowest BCUT2D eigenvalue weighted by Gasteiger charge is -2.05. The first-order valence-corrected chi connectivity index (χ1v) is 5.78. The largest absolute Gasteiger partial charge is 0.475 e. The van der Waals surface area contributed by atoms with Crippen LogP contribution in [0.25, 0.3) is 0 Å². The fourth-order valence-corrected chi connectivity index (χ4v) is 1.71. The number of aromatic nitrogens is 2. The maximum absolute atomic E-state index is 13.6. The summed E-state index contributed by atoms with van der Waals surface area (Å²) in [6, 6.07) is 4.13. The number of anilines is 1. The second-order valence-electron chi connectivity index (χ2n) is 4.15. The van der Waals surface area contributed by atoms with Gasteiger partial charge < -0.3 is 10.1 Å². The number of ether oxygens (including phenoxy) is 1. The third kappa shape index (κ3) is 2.81. The minimum absolute atomic E-state index is 0.0807. The minimum Gasteiger partial charge on any atom is -0.475 e. The summed E-state index contributed by atoms with van der Waals surface area (Å²) in [7, 11) is 1.19. The van der Waals surface area contributed by atoms with Crippen LogP contribution in [0, 0.1) is 22.9 Å². The molecule has 0 unspecified atom stereocenters. The Kier molecular flexibility index (Phi) is 3.83. The van der Waals surface area contributed by atoms with Gasteiger partial charge in [-0.3, -0.25) is 20.0 Å². The molecule has 2 aromatic rings. The quantitative estimate of drug-likeness (QED) is 0.662.